The monoisotopic (exact) mass is 151 g/mol. The minimum Gasteiger partial charge on any atom is -0.293 e. The lowest BCUT2D eigenvalue weighted by atomic mass is 9.85. The highest BCUT2D eigenvalue weighted by Crippen LogP contribution is 2.25. The molecule has 0 aromatic carbocycles. The quantitative estimate of drug-likeness (QED) is 0.505. The van der Waals surface area contributed by atoms with E-state index in [0.29, 0.717) is 0 Å². The van der Waals surface area contributed by atoms with Crippen molar-refractivity contribution in [3.05, 3.63) is 11.6 Å². The molecule has 0 aromatic rings. The predicted molar refractivity (Wildman–Crippen MR) is 50.1 cm³/mol. The molecule has 1 fully saturated rings. The summed E-state index contributed by atoms with van der Waals surface area (Å²) in [4.78, 5) is 4.28. The van der Waals surface area contributed by atoms with Gasteiger partial charge in [0.05, 0.1) is 0 Å². The normalized spacial score (nSPS) is 33.2. The van der Waals surface area contributed by atoms with E-state index < -0.39 is 0 Å². The molecule has 0 amide bonds. The van der Waals surface area contributed by atoms with Gasteiger partial charge >= 0.3 is 0 Å². The van der Waals surface area contributed by atoms with Crippen LogP contribution in [-0.2, 0) is 0 Å². The van der Waals surface area contributed by atoms with Crippen LogP contribution in [0.4, 0.5) is 0 Å². The Morgan fingerprint density at radius 2 is 2.27 bits per heavy atom. The fourth-order valence-electron chi connectivity index (χ4n) is 1.68. The Hall–Kier alpha value is -0.590. The van der Waals surface area contributed by atoms with Crippen molar-refractivity contribution < 1.29 is 0 Å². The molecule has 1 atom stereocenters. The zero-order valence-electron chi connectivity index (χ0n) is 7.72. The summed E-state index contributed by atoms with van der Waals surface area (Å²) in [6.07, 6.45) is 5.92. The van der Waals surface area contributed by atoms with Gasteiger partial charge in [0.15, 0.2) is 0 Å². The molecular formula is C10H17N. The Kier molecular flexibility index (Phi) is 2.86. The average molecular weight is 151 g/mol. The molecular weight excluding hydrogens is 134 g/mol. The minimum absolute atomic E-state index is 0.853. The first-order valence-electron chi connectivity index (χ1n) is 4.39. The van der Waals surface area contributed by atoms with Crippen LogP contribution >= 0.6 is 0 Å². The number of aliphatic imine (C=N–C) groups is 1. The first-order valence-corrected chi connectivity index (χ1v) is 4.39. The van der Waals surface area contributed by atoms with Crippen LogP contribution in [0.5, 0.6) is 0 Å². The number of hydrogen-bond acceptors (Lipinski definition) is 1. The van der Waals surface area contributed by atoms with E-state index in [1.54, 1.807) is 0 Å². The maximum atomic E-state index is 4.28. The fourth-order valence-corrected chi connectivity index (χ4v) is 1.68. The van der Waals surface area contributed by atoms with Gasteiger partial charge in [0.25, 0.3) is 0 Å². The Morgan fingerprint density at radius 3 is 2.82 bits per heavy atom. The molecule has 1 nitrogen and oxygen atoms in total. The van der Waals surface area contributed by atoms with E-state index in [4.69, 9.17) is 0 Å². The first kappa shape index (κ1) is 8.51. The predicted octanol–water partition coefficient (Wildman–Crippen LogP) is 2.82. The summed E-state index contributed by atoms with van der Waals surface area (Å²) in [6, 6.07) is 0. The van der Waals surface area contributed by atoms with Crippen molar-refractivity contribution in [2.75, 3.05) is 7.05 Å². The molecule has 1 unspecified atom stereocenters. The van der Waals surface area contributed by atoms with Crippen LogP contribution < -0.4 is 0 Å². The SMILES string of the molecule is C/C=C1/CC(C)CC/C1=N/C. The largest absolute Gasteiger partial charge is 0.293 e. The van der Waals surface area contributed by atoms with Crippen LogP contribution in [0, 0.1) is 5.92 Å². The Balaban J connectivity index is 2.72. The van der Waals surface area contributed by atoms with Gasteiger partial charge in [0.1, 0.15) is 0 Å². The number of rotatable bonds is 0. The molecule has 0 spiro atoms. The van der Waals surface area contributed by atoms with Crippen LogP contribution in [0.15, 0.2) is 16.6 Å². The molecule has 0 saturated heterocycles. The van der Waals surface area contributed by atoms with E-state index in [1.807, 2.05) is 7.05 Å². The van der Waals surface area contributed by atoms with Crippen molar-refractivity contribution in [3.63, 3.8) is 0 Å². The van der Waals surface area contributed by atoms with Crippen LogP contribution in [0.2, 0.25) is 0 Å². The number of nitrogens with zero attached hydrogens (tertiary/aromatic N) is 1. The second kappa shape index (κ2) is 3.70. The van der Waals surface area contributed by atoms with Crippen LogP contribution in [0.25, 0.3) is 0 Å². The van der Waals surface area contributed by atoms with Gasteiger partial charge in [-0.3, -0.25) is 4.99 Å². The van der Waals surface area contributed by atoms with Crippen molar-refractivity contribution in [2.45, 2.75) is 33.1 Å². The molecule has 1 aliphatic carbocycles. The van der Waals surface area contributed by atoms with Gasteiger partial charge in [-0.1, -0.05) is 13.0 Å². The standard InChI is InChI=1S/C10H17N/c1-4-9-7-8(2)5-6-10(9)11-3/h4,8H,5-7H2,1-3H3/b9-4-,11-10-. The lowest BCUT2D eigenvalue weighted by Crippen LogP contribution is -2.14. The zero-order valence-corrected chi connectivity index (χ0v) is 7.72. The second-order valence-corrected chi connectivity index (χ2v) is 3.33. The summed E-state index contributed by atoms with van der Waals surface area (Å²) in [5, 5.41) is 0. The van der Waals surface area contributed by atoms with Gasteiger partial charge in [0, 0.05) is 12.8 Å². The summed E-state index contributed by atoms with van der Waals surface area (Å²) in [5.41, 5.74) is 2.79. The summed E-state index contributed by atoms with van der Waals surface area (Å²) in [6.45, 7) is 4.43. The molecule has 1 heteroatoms. The van der Waals surface area contributed by atoms with Gasteiger partial charge in [-0.2, -0.15) is 0 Å². The number of hydrogen-bond donors (Lipinski definition) is 0. The molecule has 11 heavy (non-hydrogen) atoms. The molecule has 0 heterocycles. The molecule has 0 aliphatic heterocycles. The topological polar surface area (TPSA) is 12.4 Å². The first-order chi connectivity index (χ1) is 5.27. The molecule has 0 N–H and O–H groups in total. The van der Waals surface area contributed by atoms with Crippen LogP contribution in [-0.4, -0.2) is 12.8 Å². The summed E-state index contributed by atoms with van der Waals surface area (Å²) >= 11 is 0. The third kappa shape index (κ3) is 1.92. The highest BCUT2D eigenvalue weighted by atomic mass is 14.7. The lowest BCUT2D eigenvalue weighted by molar-refractivity contribution is 0.526. The van der Waals surface area contributed by atoms with E-state index in [1.165, 1.54) is 30.5 Å². The molecule has 0 bridgehead atoms. The van der Waals surface area contributed by atoms with Crippen molar-refractivity contribution in [3.8, 4) is 0 Å². The van der Waals surface area contributed by atoms with Gasteiger partial charge in [-0.25, -0.2) is 0 Å². The Bertz CT molecular complexity index is 189. The van der Waals surface area contributed by atoms with Crippen molar-refractivity contribution in [2.24, 2.45) is 10.9 Å². The third-order valence-electron chi connectivity index (χ3n) is 2.43. The maximum absolute atomic E-state index is 4.28. The molecule has 0 radical (unpaired) electrons. The van der Waals surface area contributed by atoms with Gasteiger partial charge in [0.2, 0.25) is 0 Å². The molecule has 62 valence electrons. The van der Waals surface area contributed by atoms with Gasteiger partial charge in [-0.15, -0.1) is 0 Å². The fraction of sp³-hybridized carbons (Fsp3) is 0.700. The van der Waals surface area contributed by atoms with Crippen LogP contribution in [0.3, 0.4) is 0 Å². The second-order valence-electron chi connectivity index (χ2n) is 3.33. The molecule has 1 aliphatic rings. The summed E-state index contributed by atoms with van der Waals surface area (Å²) in [7, 11) is 1.90. The Morgan fingerprint density at radius 1 is 1.55 bits per heavy atom. The molecule has 1 saturated carbocycles. The molecule has 0 aromatic heterocycles. The highest BCUT2D eigenvalue weighted by molar-refractivity contribution is 6.00. The van der Waals surface area contributed by atoms with E-state index in [9.17, 15) is 0 Å². The highest BCUT2D eigenvalue weighted by Gasteiger charge is 2.16. The number of allylic oxidation sites excluding steroid dienone is 2. The van der Waals surface area contributed by atoms with E-state index in [2.05, 4.69) is 24.9 Å². The minimum atomic E-state index is 0.853. The van der Waals surface area contributed by atoms with Crippen molar-refractivity contribution in [1.82, 2.24) is 0 Å². The zero-order chi connectivity index (χ0) is 8.27. The smallest absolute Gasteiger partial charge is 0.0373 e. The van der Waals surface area contributed by atoms with Gasteiger partial charge < -0.3 is 0 Å². The van der Waals surface area contributed by atoms with E-state index in [-0.39, 0.29) is 0 Å². The van der Waals surface area contributed by atoms with Crippen molar-refractivity contribution >= 4 is 5.71 Å². The molecule has 1 rings (SSSR count). The van der Waals surface area contributed by atoms with Gasteiger partial charge in [-0.05, 0) is 37.7 Å². The Labute approximate surface area is 69.2 Å². The van der Waals surface area contributed by atoms with E-state index >= 15 is 0 Å². The maximum Gasteiger partial charge on any atom is 0.0373 e. The lowest BCUT2D eigenvalue weighted by Gasteiger charge is -2.21. The van der Waals surface area contributed by atoms with Crippen molar-refractivity contribution in [1.29, 1.82) is 0 Å². The summed E-state index contributed by atoms with van der Waals surface area (Å²) < 4.78 is 0. The van der Waals surface area contributed by atoms with Crippen LogP contribution in [0.1, 0.15) is 33.1 Å². The average Bonchev–Trinajstić information content (AvgIpc) is 2.04. The summed E-state index contributed by atoms with van der Waals surface area (Å²) in [5.74, 6) is 0.853. The third-order valence-corrected chi connectivity index (χ3v) is 2.43. The van der Waals surface area contributed by atoms with E-state index in [0.717, 1.165) is 5.92 Å².